The van der Waals surface area contributed by atoms with E-state index in [2.05, 4.69) is 28.6 Å². The normalized spacial score (nSPS) is 20.0. The monoisotopic (exact) mass is 303 g/mol. The van der Waals surface area contributed by atoms with Crippen molar-refractivity contribution in [1.29, 1.82) is 0 Å². The maximum absolute atomic E-state index is 12.8. The summed E-state index contributed by atoms with van der Waals surface area (Å²) in [5.74, 6) is 0.376. The molecule has 1 aliphatic heterocycles. The quantitative estimate of drug-likeness (QED) is 0.777. The number of likely N-dealkylation sites (tertiary alicyclic amines) is 1. The summed E-state index contributed by atoms with van der Waals surface area (Å²) in [7, 11) is 0. The zero-order valence-electron chi connectivity index (χ0n) is 14.2. The molecule has 2 unspecified atom stereocenters. The molecule has 1 aromatic rings. The lowest BCUT2D eigenvalue weighted by atomic mass is 10.1. The van der Waals surface area contributed by atoms with Gasteiger partial charge in [-0.05, 0) is 50.0 Å². The van der Waals surface area contributed by atoms with E-state index in [0.717, 1.165) is 25.1 Å². The molecular formula is C18H29N3O. The van der Waals surface area contributed by atoms with Crippen LogP contribution in [0.5, 0.6) is 0 Å². The average molecular weight is 303 g/mol. The van der Waals surface area contributed by atoms with Crippen molar-refractivity contribution in [2.24, 2.45) is 5.92 Å². The molecule has 4 heteroatoms. The summed E-state index contributed by atoms with van der Waals surface area (Å²) in [5.41, 5.74) is 1.16. The Labute approximate surface area is 134 Å². The summed E-state index contributed by atoms with van der Waals surface area (Å²) in [5, 5.41) is 0. The van der Waals surface area contributed by atoms with Gasteiger partial charge in [0.05, 0.1) is 0 Å². The maximum Gasteiger partial charge on any atom is 0.225 e. The third kappa shape index (κ3) is 4.29. The summed E-state index contributed by atoms with van der Waals surface area (Å²) in [6, 6.07) is 4.52. The van der Waals surface area contributed by atoms with Gasteiger partial charge in [-0.3, -0.25) is 14.7 Å². The number of rotatable bonds is 7. The van der Waals surface area contributed by atoms with E-state index in [0.29, 0.717) is 12.6 Å². The first kappa shape index (κ1) is 16.9. The predicted octanol–water partition coefficient (Wildman–Crippen LogP) is 2.94. The zero-order chi connectivity index (χ0) is 15.9. The summed E-state index contributed by atoms with van der Waals surface area (Å²) >= 11 is 0. The second-order valence-electron chi connectivity index (χ2n) is 6.31. The first-order valence-electron chi connectivity index (χ1n) is 8.57. The van der Waals surface area contributed by atoms with Gasteiger partial charge in [0.1, 0.15) is 0 Å². The number of aromatic nitrogens is 1. The lowest BCUT2D eigenvalue weighted by Gasteiger charge is -2.32. The van der Waals surface area contributed by atoms with Crippen LogP contribution in [0.2, 0.25) is 0 Å². The Balaban J connectivity index is 2.09. The molecule has 1 fully saturated rings. The van der Waals surface area contributed by atoms with E-state index >= 15 is 0 Å². The van der Waals surface area contributed by atoms with Crippen LogP contribution >= 0.6 is 0 Å². The summed E-state index contributed by atoms with van der Waals surface area (Å²) in [6.07, 6.45) is 6.95. The van der Waals surface area contributed by atoms with Gasteiger partial charge >= 0.3 is 0 Å². The summed E-state index contributed by atoms with van der Waals surface area (Å²) in [6.45, 7) is 10.1. The molecule has 0 aromatic carbocycles. The highest BCUT2D eigenvalue weighted by atomic mass is 16.2. The van der Waals surface area contributed by atoms with Crippen LogP contribution in [0.1, 0.15) is 45.6 Å². The number of amides is 1. The highest BCUT2D eigenvalue weighted by Gasteiger charge is 2.28. The molecule has 1 amide bonds. The molecule has 0 aliphatic carbocycles. The SMILES string of the molecule is CCC(C)C(=O)N(Cc1ccncc1)CC1CCCN1CC. The Kier molecular flexibility index (Phi) is 6.37. The van der Waals surface area contributed by atoms with Gasteiger partial charge in [0.25, 0.3) is 0 Å². The molecule has 0 radical (unpaired) electrons. The van der Waals surface area contributed by atoms with Crippen LogP contribution in [-0.2, 0) is 11.3 Å². The van der Waals surface area contributed by atoms with Crippen molar-refractivity contribution in [3.63, 3.8) is 0 Å². The molecule has 1 aromatic heterocycles. The van der Waals surface area contributed by atoms with E-state index in [-0.39, 0.29) is 11.8 Å². The van der Waals surface area contributed by atoms with Gasteiger partial charge in [0, 0.05) is 37.4 Å². The maximum atomic E-state index is 12.8. The lowest BCUT2D eigenvalue weighted by molar-refractivity contribution is -0.136. The van der Waals surface area contributed by atoms with Crippen LogP contribution in [0.4, 0.5) is 0 Å². The first-order chi connectivity index (χ1) is 10.7. The second kappa shape index (κ2) is 8.28. The van der Waals surface area contributed by atoms with Gasteiger partial charge in [0.2, 0.25) is 5.91 Å². The molecule has 1 saturated heterocycles. The van der Waals surface area contributed by atoms with Crippen LogP contribution in [0.3, 0.4) is 0 Å². The molecule has 4 nitrogen and oxygen atoms in total. The van der Waals surface area contributed by atoms with Crippen molar-refractivity contribution in [3.05, 3.63) is 30.1 Å². The Morgan fingerprint density at radius 3 is 2.77 bits per heavy atom. The number of likely N-dealkylation sites (N-methyl/N-ethyl adjacent to an activating group) is 1. The minimum atomic E-state index is 0.0957. The molecule has 1 aliphatic rings. The molecular weight excluding hydrogens is 274 g/mol. The molecule has 0 bridgehead atoms. The molecule has 2 rings (SSSR count). The highest BCUT2D eigenvalue weighted by molar-refractivity contribution is 5.78. The number of carbonyl (C=O) groups is 1. The van der Waals surface area contributed by atoms with Crippen LogP contribution in [0.15, 0.2) is 24.5 Å². The number of carbonyl (C=O) groups excluding carboxylic acids is 1. The Morgan fingerprint density at radius 2 is 2.14 bits per heavy atom. The Bertz CT molecular complexity index is 463. The molecule has 122 valence electrons. The van der Waals surface area contributed by atoms with E-state index in [1.165, 1.54) is 19.4 Å². The van der Waals surface area contributed by atoms with E-state index < -0.39 is 0 Å². The van der Waals surface area contributed by atoms with Crippen LogP contribution < -0.4 is 0 Å². The van der Waals surface area contributed by atoms with Gasteiger partial charge in [-0.1, -0.05) is 20.8 Å². The topological polar surface area (TPSA) is 36.4 Å². The number of nitrogens with zero attached hydrogens (tertiary/aromatic N) is 3. The number of hydrogen-bond acceptors (Lipinski definition) is 3. The smallest absolute Gasteiger partial charge is 0.225 e. The van der Waals surface area contributed by atoms with Gasteiger partial charge in [0.15, 0.2) is 0 Å². The van der Waals surface area contributed by atoms with E-state index in [1.807, 2.05) is 19.1 Å². The fourth-order valence-electron chi connectivity index (χ4n) is 3.20. The van der Waals surface area contributed by atoms with Gasteiger partial charge in [-0.25, -0.2) is 0 Å². The van der Waals surface area contributed by atoms with Crippen LogP contribution in [-0.4, -0.2) is 46.4 Å². The average Bonchev–Trinajstić information content (AvgIpc) is 3.01. The molecule has 22 heavy (non-hydrogen) atoms. The van der Waals surface area contributed by atoms with Crippen LogP contribution in [0.25, 0.3) is 0 Å². The van der Waals surface area contributed by atoms with Gasteiger partial charge in [-0.2, -0.15) is 0 Å². The zero-order valence-corrected chi connectivity index (χ0v) is 14.2. The standard InChI is InChI=1S/C18H29N3O/c1-4-15(3)18(22)21(13-16-8-10-19-11-9-16)14-17-7-6-12-20(17)5-2/h8-11,15,17H,4-7,12-14H2,1-3H3. The first-order valence-corrected chi connectivity index (χ1v) is 8.57. The summed E-state index contributed by atoms with van der Waals surface area (Å²) in [4.78, 5) is 21.4. The van der Waals surface area contributed by atoms with Crippen molar-refractivity contribution in [3.8, 4) is 0 Å². The fraction of sp³-hybridized carbons (Fsp3) is 0.667. The number of hydrogen-bond donors (Lipinski definition) is 0. The predicted molar refractivity (Wildman–Crippen MR) is 89.4 cm³/mol. The molecule has 0 spiro atoms. The molecule has 2 heterocycles. The Morgan fingerprint density at radius 1 is 1.41 bits per heavy atom. The Hall–Kier alpha value is -1.42. The third-order valence-electron chi connectivity index (χ3n) is 4.80. The minimum absolute atomic E-state index is 0.0957. The van der Waals surface area contributed by atoms with Crippen molar-refractivity contribution in [1.82, 2.24) is 14.8 Å². The van der Waals surface area contributed by atoms with E-state index in [9.17, 15) is 4.79 Å². The van der Waals surface area contributed by atoms with Crippen molar-refractivity contribution < 1.29 is 4.79 Å². The van der Waals surface area contributed by atoms with Crippen molar-refractivity contribution in [2.75, 3.05) is 19.6 Å². The highest BCUT2D eigenvalue weighted by Crippen LogP contribution is 2.20. The van der Waals surface area contributed by atoms with E-state index in [1.54, 1.807) is 12.4 Å². The minimum Gasteiger partial charge on any atom is -0.337 e. The van der Waals surface area contributed by atoms with Crippen molar-refractivity contribution >= 4 is 5.91 Å². The van der Waals surface area contributed by atoms with E-state index in [4.69, 9.17) is 0 Å². The van der Waals surface area contributed by atoms with Gasteiger partial charge < -0.3 is 4.90 Å². The van der Waals surface area contributed by atoms with Crippen LogP contribution in [0, 0.1) is 5.92 Å². The second-order valence-corrected chi connectivity index (χ2v) is 6.31. The van der Waals surface area contributed by atoms with Gasteiger partial charge in [-0.15, -0.1) is 0 Å². The lowest BCUT2D eigenvalue weighted by Crippen LogP contribution is -2.44. The third-order valence-corrected chi connectivity index (χ3v) is 4.80. The number of pyridine rings is 1. The molecule has 0 saturated carbocycles. The van der Waals surface area contributed by atoms with Crippen molar-refractivity contribution in [2.45, 2.75) is 52.6 Å². The fourth-order valence-corrected chi connectivity index (χ4v) is 3.20. The molecule has 0 N–H and O–H groups in total. The summed E-state index contributed by atoms with van der Waals surface area (Å²) < 4.78 is 0. The molecule has 2 atom stereocenters. The largest absolute Gasteiger partial charge is 0.337 e.